The molecular weight excluding hydrogens is 230 g/mol. The van der Waals surface area contributed by atoms with Gasteiger partial charge in [-0.2, -0.15) is 0 Å². The van der Waals surface area contributed by atoms with Gasteiger partial charge in [-0.3, -0.25) is 4.98 Å². The van der Waals surface area contributed by atoms with Crippen molar-refractivity contribution in [2.75, 3.05) is 13.7 Å². The first-order valence-electron chi connectivity index (χ1n) is 5.89. The fourth-order valence-electron chi connectivity index (χ4n) is 1.86. The van der Waals surface area contributed by atoms with Gasteiger partial charge in [0.15, 0.2) is 0 Å². The van der Waals surface area contributed by atoms with Crippen LogP contribution in [0.3, 0.4) is 0 Å². The van der Waals surface area contributed by atoms with E-state index >= 15 is 0 Å². The van der Waals surface area contributed by atoms with E-state index in [-0.39, 0.29) is 12.7 Å². The molecule has 96 valence electrons. The number of aliphatic hydroxyl groups is 1. The van der Waals surface area contributed by atoms with E-state index in [1.54, 1.807) is 13.2 Å². The summed E-state index contributed by atoms with van der Waals surface area (Å²) in [5, 5.41) is 10.2. The lowest BCUT2D eigenvalue weighted by atomic mass is 10.2. The Morgan fingerprint density at radius 2 is 2.11 bits per heavy atom. The predicted octanol–water partition coefficient (Wildman–Crippen LogP) is 2.14. The van der Waals surface area contributed by atoms with Gasteiger partial charge in [-0.25, -0.2) is 0 Å². The summed E-state index contributed by atoms with van der Waals surface area (Å²) in [4.78, 5) is 4.35. The van der Waals surface area contributed by atoms with Gasteiger partial charge in [0.25, 0.3) is 0 Å². The Morgan fingerprint density at radius 1 is 1.33 bits per heavy atom. The number of hydrogen-bond acceptors (Lipinski definition) is 4. The molecule has 0 bridgehead atoms. The van der Waals surface area contributed by atoms with Crippen molar-refractivity contribution in [3.8, 4) is 5.75 Å². The van der Waals surface area contributed by atoms with E-state index in [9.17, 15) is 5.11 Å². The van der Waals surface area contributed by atoms with Crippen molar-refractivity contribution in [2.45, 2.75) is 19.6 Å². The summed E-state index contributed by atoms with van der Waals surface area (Å²) in [6.07, 6.45) is -0.0488. The number of ether oxygens (including phenoxy) is 2. The van der Waals surface area contributed by atoms with Crippen molar-refractivity contribution in [1.29, 1.82) is 0 Å². The van der Waals surface area contributed by atoms with Gasteiger partial charge in [0.2, 0.25) is 0 Å². The van der Waals surface area contributed by atoms with E-state index in [2.05, 4.69) is 4.98 Å². The molecule has 18 heavy (non-hydrogen) atoms. The van der Waals surface area contributed by atoms with Crippen LogP contribution < -0.4 is 4.74 Å². The zero-order valence-corrected chi connectivity index (χ0v) is 10.6. The van der Waals surface area contributed by atoms with Crippen molar-refractivity contribution in [1.82, 2.24) is 4.98 Å². The average molecular weight is 247 g/mol. The first kappa shape index (κ1) is 12.8. The van der Waals surface area contributed by atoms with Crippen LogP contribution in [0.2, 0.25) is 0 Å². The summed E-state index contributed by atoms with van der Waals surface area (Å²) in [6, 6.07) is 9.49. The molecule has 2 aromatic rings. The Balaban J connectivity index is 2.40. The third-order valence-corrected chi connectivity index (χ3v) is 2.62. The second-order valence-electron chi connectivity index (χ2n) is 4.17. The number of fused-ring (bicyclic) bond motifs is 1. The molecule has 1 N–H and O–H groups in total. The Bertz CT molecular complexity index is 527. The molecule has 1 atom stereocenters. The average Bonchev–Trinajstić information content (AvgIpc) is 2.38. The Hall–Kier alpha value is -1.65. The van der Waals surface area contributed by atoms with Crippen LogP contribution in [0.25, 0.3) is 10.9 Å². The monoisotopic (exact) mass is 247 g/mol. The van der Waals surface area contributed by atoms with Gasteiger partial charge in [0.1, 0.15) is 11.9 Å². The molecule has 1 aromatic heterocycles. The highest BCUT2D eigenvalue weighted by Gasteiger charge is 2.09. The van der Waals surface area contributed by atoms with Crippen molar-refractivity contribution in [2.24, 2.45) is 0 Å². The van der Waals surface area contributed by atoms with Gasteiger partial charge >= 0.3 is 0 Å². The number of benzene rings is 1. The van der Waals surface area contributed by atoms with Crippen molar-refractivity contribution in [3.05, 3.63) is 36.0 Å². The molecule has 4 nitrogen and oxygen atoms in total. The number of hydrogen-bond donors (Lipinski definition) is 1. The summed E-state index contributed by atoms with van der Waals surface area (Å²) < 4.78 is 10.9. The van der Waals surface area contributed by atoms with E-state index in [0.717, 1.165) is 16.7 Å². The highest BCUT2D eigenvalue weighted by atomic mass is 16.5. The maximum Gasteiger partial charge on any atom is 0.131 e. The molecule has 2 rings (SSSR count). The molecular formula is C14H17NO3. The zero-order valence-electron chi connectivity index (χ0n) is 10.6. The Labute approximate surface area is 106 Å². The standard InChI is InChI=1S/C14H17NO3/c1-10(9-17-2)18-14-7-11(8-16)15-13-6-4-3-5-12(13)14/h3-7,10,16H,8-9H2,1-2H3. The highest BCUT2D eigenvalue weighted by molar-refractivity contribution is 5.85. The topological polar surface area (TPSA) is 51.6 Å². The van der Waals surface area contributed by atoms with Crippen LogP contribution in [-0.2, 0) is 11.3 Å². The number of aromatic nitrogens is 1. The number of methoxy groups -OCH3 is 1. The van der Waals surface area contributed by atoms with Crippen molar-refractivity contribution >= 4 is 10.9 Å². The number of pyridine rings is 1. The smallest absolute Gasteiger partial charge is 0.131 e. The van der Waals surface area contributed by atoms with E-state index < -0.39 is 0 Å². The molecule has 1 heterocycles. The highest BCUT2D eigenvalue weighted by Crippen LogP contribution is 2.26. The summed E-state index contributed by atoms with van der Waals surface area (Å²) in [5.41, 5.74) is 1.43. The molecule has 0 amide bonds. The molecule has 1 unspecified atom stereocenters. The molecule has 4 heteroatoms. The van der Waals surface area contributed by atoms with Crippen molar-refractivity contribution in [3.63, 3.8) is 0 Å². The predicted molar refractivity (Wildman–Crippen MR) is 69.6 cm³/mol. The molecule has 0 aliphatic rings. The summed E-state index contributed by atoms with van der Waals surface area (Å²) >= 11 is 0. The third kappa shape index (κ3) is 2.78. The largest absolute Gasteiger partial charge is 0.488 e. The van der Waals surface area contributed by atoms with Gasteiger partial charge in [0.05, 0.1) is 24.4 Å². The molecule has 1 aromatic carbocycles. The zero-order chi connectivity index (χ0) is 13.0. The van der Waals surface area contributed by atoms with Crippen LogP contribution >= 0.6 is 0 Å². The van der Waals surface area contributed by atoms with E-state index in [4.69, 9.17) is 9.47 Å². The van der Waals surface area contributed by atoms with Gasteiger partial charge in [-0.1, -0.05) is 12.1 Å². The number of para-hydroxylation sites is 1. The summed E-state index contributed by atoms with van der Waals surface area (Å²) in [7, 11) is 1.64. The third-order valence-electron chi connectivity index (χ3n) is 2.62. The maximum atomic E-state index is 9.22. The molecule has 0 aliphatic heterocycles. The number of aliphatic hydroxyl groups excluding tert-OH is 1. The second kappa shape index (κ2) is 5.80. The van der Waals surface area contributed by atoms with Crippen LogP contribution in [0.4, 0.5) is 0 Å². The lowest BCUT2D eigenvalue weighted by molar-refractivity contribution is 0.0929. The van der Waals surface area contributed by atoms with Crippen LogP contribution in [0.1, 0.15) is 12.6 Å². The van der Waals surface area contributed by atoms with Crippen LogP contribution in [0.15, 0.2) is 30.3 Å². The van der Waals surface area contributed by atoms with E-state index in [1.165, 1.54) is 0 Å². The minimum Gasteiger partial charge on any atom is -0.488 e. The second-order valence-corrected chi connectivity index (χ2v) is 4.17. The van der Waals surface area contributed by atoms with Crippen molar-refractivity contribution < 1.29 is 14.6 Å². The van der Waals surface area contributed by atoms with Gasteiger partial charge in [-0.15, -0.1) is 0 Å². The first-order valence-corrected chi connectivity index (χ1v) is 5.89. The summed E-state index contributed by atoms with van der Waals surface area (Å²) in [5.74, 6) is 0.731. The number of rotatable bonds is 5. The van der Waals surface area contributed by atoms with Crippen LogP contribution in [0.5, 0.6) is 5.75 Å². The molecule has 0 fully saturated rings. The molecule has 0 radical (unpaired) electrons. The van der Waals surface area contributed by atoms with Gasteiger partial charge in [0, 0.05) is 18.6 Å². The van der Waals surface area contributed by atoms with Gasteiger partial charge < -0.3 is 14.6 Å². The SMILES string of the molecule is COCC(C)Oc1cc(CO)nc2ccccc12. The number of nitrogens with zero attached hydrogens (tertiary/aromatic N) is 1. The molecule has 0 spiro atoms. The van der Waals surface area contributed by atoms with E-state index in [0.29, 0.717) is 12.3 Å². The Morgan fingerprint density at radius 3 is 2.83 bits per heavy atom. The van der Waals surface area contributed by atoms with Crippen LogP contribution in [-0.4, -0.2) is 29.9 Å². The lowest BCUT2D eigenvalue weighted by Crippen LogP contribution is -2.18. The van der Waals surface area contributed by atoms with Gasteiger partial charge in [-0.05, 0) is 19.1 Å². The lowest BCUT2D eigenvalue weighted by Gasteiger charge is -2.16. The van der Waals surface area contributed by atoms with E-state index in [1.807, 2.05) is 31.2 Å². The Kier molecular flexibility index (Phi) is 4.12. The molecule has 0 aliphatic carbocycles. The van der Waals surface area contributed by atoms with Crippen LogP contribution in [0, 0.1) is 0 Å². The fourth-order valence-corrected chi connectivity index (χ4v) is 1.86. The maximum absolute atomic E-state index is 9.22. The summed E-state index contributed by atoms with van der Waals surface area (Å²) in [6.45, 7) is 2.36. The molecule has 0 saturated carbocycles. The minimum absolute atomic E-state index is 0.0488. The fraction of sp³-hybridized carbons (Fsp3) is 0.357. The minimum atomic E-state index is -0.0974. The quantitative estimate of drug-likeness (QED) is 0.879. The first-order chi connectivity index (χ1) is 8.74. The normalized spacial score (nSPS) is 12.6. The molecule has 0 saturated heterocycles.